The Balaban J connectivity index is 1.45. The number of aliphatic hydroxyl groups is 1. The van der Waals surface area contributed by atoms with E-state index in [-0.39, 0.29) is 6.10 Å². The van der Waals surface area contributed by atoms with Crippen LogP contribution in [0.2, 0.25) is 0 Å². The Morgan fingerprint density at radius 2 is 2.00 bits per heavy atom. The van der Waals surface area contributed by atoms with E-state index in [0.717, 1.165) is 35.7 Å². The van der Waals surface area contributed by atoms with Crippen molar-refractivity contribution in [3.8, 4) is 5.06 Å². The maximum atomic E-state index is 10.2. The molecule has 0 spiro atoms. The summed E-state index contributed by atoms with van der Waals surface area (Å²) >= 11 is 1.76. The van der Waals surface area contributed by atoms with Crippen molar-refractivity contribution in [3.05, 3.63) is 22.9 Å². The number of aliphatic hydroxyl groups excluding tert-OH is 1. The summed E-state index contributed by atoms with van der Waals surface area (Å²) in [5, 5.41) is 12.4. The minimum Gasteiger partial charge on any atom is -0.486 e. The smallest absolute Gasteiger partial charge is 0.193 e. The predicted octanol–water partition coefficient (Wildman–Crippen LogP) is 5.56. The molecule has 3 fully saturated rings. The van der Waals surface area contributed by atoms with E-state index in [4.69, 9.17) is 9.72 Å². The lowest BCUT2D eigenvalue weighted by Gasteiger charge is -2.58. The van der Waals surface area contributed by atoms with Crippen molar-refractivity contribution < 1.29 is 9.84 Å². The van der Waals surface area contributed by atoms with E-state index >= 15 is 0 Å². The first-order valence-corrected chi connectivity index (χ1v) is 11.6. The third kappa shape index (κ3) is 2.58. The molecule has 3 nitrogen and oxygen atoms in total. The Labute approximate surface area is 167 Å². The van der Waals surface area contributed by atoms with Crippen LogP contribution in [0, 0.1) is 28.6 Å². The molecule has 1 heterocycles. The molecule has 0 saturated heterocycles. The SMILES string of the molecule is COc1cnc([C@H]2CCC3[C@@H]4CC=C5C[C@@H](O)CC[C@]5(C)C4CC[C@@]32C)s1. The normalized spacial score (nSPS) is 46.2. The highest BCUT2D eigenvalue weighted by Gasteiger charge is 2.59. The van der Waals surface area contributed by atoms with Crippen LogP contribution in [-0.4, -0.2) is 23.3 Å². The van der Waals surface area contributed by atoms with Gasteiger partial charge in [-0.3, -0.25) is 0 Å². The number of thiazole rings is 1. The van der Waals surface area contributed by atoms with E-state index in [1.54, 1.807) is 24.0 Å². The second kappa shape index (κ2) is 6.32. The van der Waals surface area contributed by atoms with Gasteiger partial charge in [-0.05, 0) is 80.0 Å². The number of fused-ring (bicyclic) bond motifs is 5. The van der Waals surface area contributed by atoms with Crippen molar-refractivity contribution >= 4 is 11.3 Å². The molecule has 4 heteroatoms. The van der Waals surface area contributed by atoms with Crippen LogP contribution in [0.5, 0.6) is 5.06 Å². The van der Waals surface area contributed by atoms with Crippen molar-refractivity contribution in [2.24, 2.45) is 28.6 Å². The van der Waals surface area contributed by atoms with Gasteiger partial charge in [0.2, 0.25) is 0 Å². The zero-order valence-electron chi connectivity index (χ0n) is 16.9. The van der Waals surface area contributed by atoms with E-state index in [9.17, 15) is 5.11 Å². The highest BCUT2D eigenvalue weighted by atomic mass is 32.1. The summed E-state index contributed by atoms with van der Waals surface area (Å²) in [4.78, 5) is 4.75. The molecule has 27 heavy (non-hydrogen) atoms. The summed E-state index contributed by atoms with van der Waals surface area (Å²) in [7, 11) is 1.75. The van der Waals surface area contributed by atoms with Gasteiger partial charge in [0.05, 0.1) is 24.4 Å². The fraction of sp³-hybridized carbons (Fsp3) is 0.783. The minimum atomic E-state index is -0.106. The van der Waals surface area contributed by atoms with Gasteiger partial charge in [0, 0.05) is 5.92 Å². The van der Waals surface area contributed by atoms with Crippen LogP contribution in [0.4, 0.5) is 0 Å². The summed E-state index contributed by atoms with van der Waals surface area (Å²) in [6, 6.07) is 0. The van der Waals surface area contributed by atoms with Crippen molar-refractivity contribution in [3.63, 3.8) is 0 Å². The molecule has 5 rings (SSSR count). The second-order valence-corrected chi connectivity index (χ2v) is 11.1. The Bertz CT molecular complexity index is 757. The zero-order valence-corrected chi connectivity index (χ0v) is 17.7. The molecule has 0 bridgehead atoms. The predicted molar refractivity (Wildman–Crippen MR) is 109 cm³/mol. The highest BCUT2D eigenvalue weighted by Crippen LogP contribution is 2.68. The lowest BCUT2D eigenvalue weighted by atomic mass is 9.47. The Kier molecular flexibility index (Phi) is 4.25. The molecule has 0 aromatic carbocycles. The van der Waals surface area contributed by atoms with E-state index in [1.165, 1.54) is 43.5 Å². The molecular formula is C23H33NO2S. The van der Waals surface area contributed by atoms with Crippen LogP contribution in [0.25, 0.3) is 0 Å². The number of hydrogen-bond donors (Lipinski definition) is 1. The monoisotopic (exact) mass is 387 g/mol. The molecule has 7 atom stereocenters. The minimum absolute atomic E-state index is 0.106. The lowest BCUT2D eigenvalue weighted by Crippen LogP contribution is -2.50. The van der Waals surface area contributed by atoms with Crippen molar-refractivity contribution in [2.75, 3.05) is 7.11 Å². The summed E-state index contributed by atoms with van der Waals surface area (Å²) in [6.07, 6.45) is 14.0. The molecule has 4 aliphatic carbocycles. The zero-order chi connectivity index (χ0) is 18.8. The van der Waals surface area contributed by atoms with E-state index in [0.29, 0.717) is 16.7 Å². The van der Waals surface area contributed by atoms with Gasteiger partial charge in [0.1, 0.15) is 0 Å². The molecule has 0 radical (unpaired) electrons. The van der Waals surface area contributed by atoms with Crippen LogP contribution in [-0.2, 0) is 0 Å². The number of allylic oxidation sites excluding steroid dienone is 1. The van der Waals surface area contributed by atoms with Gasteiger partial charge >= 0.3 is 0 Å². The van der Waals surface area contributed by atoms with Gasteiger partial charge in [0.15, 0.2) is 5.06 Å². The Morgan fingerprint density at radius 1 is 1.15 bits per heavy atom. The molecule has 4 aliphatic rings. The second-order valence-electron chi connectivity index (χ2n) is 10.1. The molecule has 3 saturated carbocycles. The first-order valence-electron chi connectivity index (χ1n) is 10.8. The number of methoxy groups -OCH3 is 1. The fourth-order valence-electron chi connectivity index (χ4n) is 7.57. The van der Waals surface area contributed by atoms with Gasteiger partial charge in [0.25, 0.3) is 0 Å². The molecule has 148 valence electrons. The maximum Gasteiger partial charge on any atom is 0.193 e. The van der Waals surface area contributed by atoms with Gasteiger partial charge in [-0.25, -0.2) is 4.98 Å². The van der Waals surface area contributed by atoms with Crippen molar-refractivity contribution in [1.29, 1.82) is 0 Å². The molecule has 1 aromatic heterocycles. The lowest BCUT2D eigenvalue weighted by molar-refractivity contribution is -0.0409. The third-order valence-corrected chi connectivity index (χ3v) is 10.2. The van der Waals surface area contributed by atoms with Crippen LogP contribution < -0.4 is 4.74 Å². The standard InChI is InChI=1S/C23H33NO2S/c1-22-10-8-15(25)12-14(22)4-5-16-17-6-7-19(21-24-13-20(26-3)27-21)23(17,2)11-9-18(16)22/h4,13,15-19,25H,5-12H2,1-3H3/t15-,16-,17?,18?,19+,22-,23-/m0/s1. The Morgan fingerprint density at radius 3 is 2.78 bits per heavy atom. The van der Waals surface area contributed by atoms with Crippen LogP contribution >= 0.6 is 11.3 Å². The van der Waals surface area contributed by atoms with Crippen LogP contribution in [0.15, 0.2) is 17.8 Å². The fourth-order valence-corrected chi connectivity index (χ4v) is 8.60. The molecule has 1 aromatic rings. The van der Waals surface area contributed by atoms with Gasteiger partial charge in [-0.2, -0.15) is 0 Å². The largest absolute Gasteiger partial charge is 0.486 e. The first kappa shape index (κ1) is 18.2. The highest BCUT2D eigenvalue weighted by molar-refractivity contribution is 7.13. The molecular weight excluding hydrogens is 354 g/mol. The first-order chi connectivity index (χ1) is 13.0. The summed E-state index contributed by atoms with van der Waals surface area (Å²) in [6.45, 7) is 5.08. The topological polar surface area (TPSA) is 42.4 Å². The van der Waals surface area contributed by atoms with Gasteiger partial charge in [-0.15, -0.1) is 0 Å². The summed E-state index contributed by atoms with van der Waals surface area (Å²) < 4.78 is 5.42. The average Bonchev–Trinajstić information content (AvgIpc) is 3.25. The van der Waals surface area contributed by atoms with Crippen molar-refractivity contribution in [1.82, 2.24) is 4.98 Å². The van der Waals surface area contributed by atoms with Crippen LogP contribution in [0.3, 0.4) is 0 Å². The van der Waals surface area contributed by atoms with E-state index < -0.39 is 0 Å². The average molecular weight is 388 g/mol. The number of aromatic nitrogens is 1. The van der Waals surface area contributed by atoms with E-state index in [1.807, 2.05) is 6.20 Å². The quantitative estimate of drug-likeness (QED) is 0.676. The van der Waals surface area contributed by atoms with Gasteiger partial charge in [-0.1, -0.05) is 36.8 Å². The number of ether oxygens (including phenoxy) is 1. The number of nitrogens with zero attached hydrogens (tertiary/aromatic N) is 1. The summed E-state index contributed by atoms with van der Waals surface area (Å²) in [5.41, 5.74) is 2.30. The number of hydrogen-bond acceptors (Lipinski definition) is 4. The number of rotatable bonds is 2. The Hall–Kier alpha value is -0.870. The maximum absolute atomic E-state index is 10.2. The van der Waals surface area contributed by atoms with Crippen LogP contribution in [0.1, 0.15) is 76.1 Å². The van der Waals surface area contributed by atoms with Crippen molar-refractivity contribution in [2.45, 2.75) is 77.2 Å². The molecule has 0 aliphatic heterocycles. The third-order valence-electron chi connectivity index (χ3n) is 9.08. The molecule has 1 N–H and O–H groups in total. The molecule has 2 unspecified atom stereocenters. The van der Waals surface area contributed by atoms with E-state index in [2.05, 4.69) is 19.9 Å². The van der Waals surface area contributed by atoms with Gasteiger partial charge < -0.3 is 9.84 Å². The molecule has 0 amide bonds. The summed E-state index contributed by atoms with van der Waals surface area (Å²) in [5.74, 6) is 3.05.